The molecule has 0 heterocycles. The maximum Gasteiger partial charge on any atom is 0.222 e. The largest absolute Gasteiger partial charge is 0.370 e. The molecular formula is C50H102N4O2. The van der Waals surface area contributed by atoms with Crippen LogP contribution in [0.4, 0.5) is 0 Å². The number of primary amides is 1. The third kappa shape index (κ3) is 45.6. The Balaban J connectivity index is 3.97. The zero-order valence-corrected chi connectivity index (χ0v) is 38.4. The Labute approximate surface area is 351 Å². The van der Waals surface area contributed by atoms with Gasteiger partial charge in [0.25, 0.3) is 0 Å². The predicted molar refractivity (Wildman–Crippen MR) is 248 cm³/mol. The Bertz CT molecular complexity index is 736. The Morgan fingerprint density at radius 2 is 0.589 bits per heavy atom. The lowest BCUT2D eigenvalue weighted by atomic mass is 10.0. The average Bonchev–Trinajstić information content (AvgIpc) is 3.19. The monoisotopic (exact) mass is 791 g/mol. The number of hydrogen-bond acceptors (Lipinski definition) is 4. The van der Waals surface area contributed by atoms with Crippen molar-refractivity contribution in [2.24, 2.45) is 5.73 Å². The summed E-state index contributed by atoms with van der Waals surface area (Å²) in [6, 6.07) is 0. The molecule has 0 unspecified atom stereocenters. The van der Waals surface area contributed by atoms with Gasteiger partial charge in [-0.2, -0.15) is 0 Å². The van der Waals surface area contributed by atoms with Crippen molar-refractivity contribution in [1.82, 2.24) is 15.5 Å². The first-order chi connectivity index (χ1) is 27.6. The Hall–Kier alpha value is -1.14. The van der Waals surface area contributed by atoms with Crippen LogP contribution in [-0.4, -0.2) is 56.0 Å². The zero-order chi connectivity index (χ0) is 40.7. The van der Waals surface area contributed by atoms with Gasteiger partial charge in [0, 0.05) is 39.0 Å². The van der Waals surface area contributed by atoms with Crippen LogP contribution in [0.2, 0.25) is 0 Å². The fourth-order valence-corrected chi connectivity index (χ4v) is 8.08. The molecule has 0 radical (unpaired) electrons. The third-order valence-corrected chi connectivity index (χ3v) is 11.9. The minimum Gasteiger partial charge on any atom is -0.370 e. The number of hydrogen-bond donors (Lipinski definition) is 3. The smallest absolute Gasteiger partial charge is 0.222 e. The third-order valence-electron chi connectivity index (χ3n) is 11.9. The highest BCUT2D eigenvalue weighted by molar-refractivity contribution is 5.76. The lowest BCUT2D eigenvalue weighted by molar-refractivity contribution is -0.131. The fraction of sp³-hybridized carbons (Fsp3) is 0.960. The molecule has 0 spiro atoms. The first-order valence-corrected chi connectivity index (χ1v) is 25.6. The summed E-state index contributed by atoms with van der Waals surface area (Å²) in [5.74, 6) is 0.113. The molecule has 2 amide bonds. The van der Waals surface area contributed by atoms with Crippen molar-refractivity contribution in [3.05, 3.63) is 0 Å². The van der Waals surface area contributed by atoms with Crippen LogP contribution in [0.3, 0.4) is 0 Å². The molecule has 6 nitrogen and oxygen atoms in total. The second kappa shape index (κ2) is 48.2. The van der Waals surface area contributed by atoms with Crippen LogP contribution in [-0.2, 0) is 9.59 Å². The molecule has 0 fully saturated rings. The summed E-state index contributed by atoms with van der Waals surface area (Å²) < 4.78 is 0. The number of rotatable bonds is 49. The van der Waals surface area contributed by atoms with Gasteiger partial charge in [-0.05, 0) is 38.8 Å². The van der Waals surface area contributed by atoms with E-state index in [0.29, 0.717) is 18.7 Å². The van der Waals surface area contributed by atoms with Gasteiger partial charge < -0.3 is 21.3 Å². The van der Waals surface area contributed by atoms with E-state index in [1.54, 1.807) is 0 Å². The Morgan fingerprint density at radius 3 is 0.875 bits per heavy atom. The minimum atomic E-state index is -0.199. The summed E-state index contributed by atoms with van der Waals surface area (Å²) in [5.41, 5.74) is 5.25. The molecule has 0 aromatic carbocycles. The van der Waals surface area contributed by atoms with Gasteiger partial charge >= 0.3 is 0 Å². The fourth-order valence-electron chi connectivity index (χ4n) is 8.08. The van der Waals surface area contributed by atoms with Crippen molar-refractivity contribution in [2.45, 2.75) is 271 Å². The Kier molecular flexibility index (Phi) is 47.2. The molecule has 0 atom stereocenters. The van der Waals surface area contributed by atoms with Gasteiger partial charge in [-0.1, -0.05) is 232 Å². The highest BCUT2D eigenvalue weighted by atomic mass is 16.2. The summed E-state index contributed by atoms with van der Waals surface area (Å²) in [5, 5.41) is 7.28. The van der Waals surface area contributed by atoms with E-state index in [0.717, 1.165) is 77.8 Å². The summed E-state index contributed by atoms with van der Waals surface area (Å²) >= 11 is 0. The van der Waals surface area contributed by atoms with Crippen molar-refractivity contribution in [3.63, 3.8) is 0 Å². The summed E-state index contributed by atoms with van der Waals surface area (Å²) in [7, 11) is 0. The molecule has 0 aliphatic rings. The number of carbonyl (C=O) groups is 2. The highest BCUT2D eigenvalue weighted by Crippen LogP contribution is 2.15. The normalized spacial score (nSPS) is 11.5. The summed E-state index contributed by atoms with van der Waals surface area (Å²) in [6.07, 6.45) is 52.3. The minimum absolute atomic E-state index is 0.199. The summed E-state index contributed by atoms with van der Waals surface area (Å²) in [4.78, 5) is 26.3. The average molecular weight is 791 g/mol. The lowest BCUT2D eigenvalue weighted by Gasteiger charge is -2.23. The van der Waals surface area contributed by atoms with Gasteiger partial charge in [0.15, 0.2) is 0 Å². The number of amides is 2. The molecule has 0 bridgehead atoms. The number of nitrogens with two attached hydrogens (primary N) is 1. The SMILES string of the molecule is CCCCCCCCCCCCCCCCCCNCCN(CCNCCCCCCCCCCCCCCCCCC)C(=O)CCCCCCCCC(N)=O. The summed E-state index contributed by atoms with van der Waals surface area (Å²) in [6.45, 7) is 10.1. The van der Waals surface area contributed by atoms with Crippen LogP contribution in [0.1, 0.15) is 271 Å². The topological polar surface area (TPSA) is 87.5 Å². The van der Waals surface area contributed by atoms with Crippen LogP contribution in [0, 0.1) is 0 Å². The van der Waals surface area contributed by atoms with E-state index in [9.17, 15) is 9.59 Å². The van der Waals surface area contributed by atoms with Gasteiger partial charge in [0.1, 0.15) is 0 Å². The van der Waals surface area contributed by atoms with E-state index in [1.807, 2.05) is 0 Å². The molecule has 0 aromatic heterocycles. The van der Waals surface area contributed by atoms with Gasteiger partial charge in [-0.3, -0.25) is 9.59 Å². The molecule has 0 saturated carbocycles. The number of carbonyl (C=O) groups excluding carboxylic acids is 2. The van der Waals surface area contributed by atoms with Crippen molar-refractivity contribution < 1.29 is 9.59 Å². The van der Waals surface area contributed by atoms with Crippen molar-refractivity contribution in [1.29, 1.82) is 0 Å². The van der Waals surface area contributed by atoms with Crippen LogP contribution in [0.5, 0.6) is 0 Å². The molecule has 56 heavy (non-hydrogen) atoms. The molecule has 0 aromatic rings. The van der Waals surface area contributed by atoms with Gasteiger partial charge in [-0.25, -0.2) is 0 Å². The van der Waals surface area contributed by atoms with Crippen LogP contribution >= 0.6 is 0 Å². The van der Waals surface area contributed by atoms with Gasteiger partial charge in [-0.15, -0.1) is 0 Å². The second-order valence-corrected chi connectivity index (χ2v) is 17.6. The number of nitrogens with zero attached hydrogens (tertiary/aromatic N) is 1. The van der Waals surface area contributed by atoms with E-state index in [-0.39, 0.29) is 5.91 Å². The van der Waals surface area contributed by atoms with E-state index in [2.05, 4.69) is 29.4 Å². The maximum absolute atomic E-state index is 13.2. The molecule has 0 aliphatic carbocycles. The second-order valence-electron chi connectivity index (χ2n) is 17.6. The van der Waals surface area contributed by atoms with Gasteiger partial charge in [0.05, 0.1) is 0 Å². The molecule has 6 heteroatoms. The molecule has 0 saturated heterocycles. The van der Waals surface area contributed by atoms with Crippen LogP contribution < -0.4 is 16.4 Å². The van der Waals surface area contributed by atoms with Crippen molar-refractivity contribution in [3.8, 4) is 0 Å². The first-order valence-electron chi connectivity index (χ1n) is 25.6. The Morgan fingerprint density at radius 1 is 0.339 bits per heavy atom. The highest BCUT2D eigenvalue weighted by Gasteiger charge is 2.12. The van der Waals surface area contributed by atoms with Crippen LogP contribution in [0.25, 0.3) is 0 Å². The van der Waals surface area contributed by atoms with E-state index in [1.165, 1.54) is 205 Å². The molecule has 4 N–H and O–H groups in total. The number of unbranched alkanes of at least 4 members (excludes halogenated alkanes) is 35. The lowest BCUT2D eigenvalue weighted by Crippen LogP contribution is -2.41. The van der Waals surface area contributed by atoms with Gasteiger partial charge in [0.2, 0.25) is 11.8 Å². The first kappa shape index (κ1) is 54.9. The maximum atomic E-state index is 13.2. The van der Waals surface area contributed by atoms with E-state index < -0.39 is 0 Å². The van der Waals surface area contributed by atoms with E-state index >= 15 is 0 Å². The molecule has 0 rings (SSSR count). The zero-order valence-electron chi connectivity index (χ0n) is 38.4. The number of nitrogens with one attached hydrogen (secondary N) is 2. The molecule has 0 aliphatic heterocycles. The van der Waals surface area contributed by atoms with Crippen molar-refractivity contribution in [2.75, 3.05) is 39.3 Å². The standard InChI is InChI=1S/C50H102N4O2/c1-3-5-7-9-11-13-15-17-19-21-23-25-27-31-35-39-43-52-45-47-54(50(56)42-38-34-30-29-33-37-41-49(51)55)48-46-53-44-40-36-32-28-26-24-22-20-18-16-14-12-10-8-6-4-2/h52-53H,3-48H2,1-2H3,(H2,51,55). The molecular weight excluding hydrogens is 689 g/mol. The predicted octanol–water partition coefficient (Wildman–Crippen LogP) is 14.1. The van der Waals surface area contributed by atoms with Crippen LogP contribution in [0.15, 0.2) is 0 Å². The quantitative estimate of drug-likeness (QED) is 0.0536. The molecule has 334 valence electrons. The van der Waals surface area contributed by atoms with E-state index in [4.69, 9.17) is 5.73 Å². The van der Waals surface area contributed by atoms with Crippen molar-refractivity contribution >= 4 is 11.8 Å².